The van der Waals surface area contributed by atoms with Crippen LogP contribution in [0.25, 0.3) is 0 Å². The van der Waals surface area contributed by atoms with Crippen LogP contribution in [-0.4, -0.2) is 23.2 Å². The summed E-state index contributed by atoms with van der Waals surface area (Å²) in [4.78, 5) is 10.0. The fourth-order valence-electron chi connectivity index (χ4n) is 3.70. The Labute approximate surface area is 143 Å². The highest BCUT2D eigenvalue weighted by atomic mass is 16.4. The first kappa shape index (κ1) is 20.5. The number of carboxylic acid groups (broad SMARTS) is 1. The second-order valence-electron chi connectivity index (χ2n) is 7.87. The lowest BCUT2D eigenvalue weighted by atomic mass is 9.91. The Morgan fingerprint density at radius 2 is 1.39 bits per heavy atom. The van der Waals surface area contributed by atoms with E-state index in [4.69, 9.17) is 5.11 Å². The van der Waals surface area contributed by atoms with Crippen molar-refractivity contribution in [2.24, 2.45) is 5.92 Å². The van der Waals surface area contributed by atoms with Gasteiger partial charge in [0, 0.05) is 18.5 Å². The Morgan fingerprint density at radius 3 is 1.78 bits per heavy atom. The molecule has 136 valence electrons. The predicted octanol–water partition coefficient (Wildman–Crippen LogP) is 5.53. The lowest BCUT2D eigenvalue weighted by Crippen LogP contribution is -2.40. The van der Waals surface area contributed by atoms with E-state index in [0.29, 0.717) is 12.3 Å². The van der Waals surface area contributed by atoms with Crippen molar-refractivity contribution in [1.29, 1.82) is 0 Å². The second-order valence-corrected chi connectivity index (χ2v) is 7.87. The highest BCUT2D eigenvalue weighted by molar-refractivity contribution is 5.66. The lowest BCUT2D eigenvalue weighted by molar-refractivity contribution is -0.137. The van der Waals surface area contributed by atoms with Crippen LogP contribution >= 0.6 is 0 Å². The molecule has 0 aromatic carbocycles. The van der Waals surface area contributed by atoms with Crippen molar-refractivity contribution in [1.82, 2.24) is 5.32 Å². The molecular formula is C20H39NO2. The molecule has 23 heavy (non-hydrogen) atoms. The average molecular weight is 326 g/mol. The van der Waals surface area contributed by atoms with Crippen LogP contribution in [-0.2, 0) is 4.79 Å². The van der Waals surface area contributed by atoms with Crippen molar-refractivity contribution < 1.29 is 9.90 Å². The molecule has 0 saturated heterocycles. The molecule has 0 aliphatic heterocycles. The fraction of sp³-hybridized carbons (Fsp3) is 0.950. The molecule has 0 unspecified atom stereocenters. The van der Waals surface area contributed by atoms with E-state index in [2.05, 4.69) is 19.2 Å². The van der Waals surface area contributed by atoms with Gasteiger partial charge in [-0.2, -0.15) is 0 Å². The summed E-state index contributed by atoms with van der Waals surface area (Å²) in [6, 6.07) is 1.74. The molecule has 2 rings (SSSR count). The zero-order chi connectivity index (χ0) is 16.9. The summed E-state index contributed by atoms with van der Waals surface area (Å²) in [5.74, 6) is 0.0255. The third kappa shape index (κ3) is 11.6. The molecule has 2 aliphatic rings. The van der Waals surface area contributed by atoms with Gasteiger partial charge in [-0.15, -0.1) is 0 Å². The van der Waals surface area contributed by atoms with E-state index in [9.17, 15) is 4.79 Å². The predicted molar refractivity (Wildman–Crippen MR) is 97.8 cm³/mol. The molecule has 0 aromatic heterocycles. The first-order chi connectivity index (χ1) is 11.1. The van der Waals surface area contributed by atoms with Crippen molar-refractivity contribution >= 4 is 5.97 Å². The van der Waals surface area contributed by atoms with Gasteiger partial charge in [-0.3, -0.25) is 4.79 Å². The maximum atomic E-state index is 10.0. The minimum atomic E-state index is -0.677. The van der Waals surface area contributed by atoms with Crippen molar-refractivity contribution in [3.05, 3.63) is 0 Å². The molecular weight excluding hydrogens is 286 g/mol. The van der Waals surface area contributed by atoms with E-state index < -0.39 is 5.97 Å². The van der Waals surface area contributed by atoms with Crippen LogP contribution < -0.4 is 5.32 Å². The minimum Gasteiger partial charge on any atom is -0.481 e. The molecule has 2 saturated carbocycles. The van der Waals surface area contributed by atoms with Gasteiger partial charge in [0.1, 0.15) is 0 Å². The zero-order valence-electron chi connectivity index (χ0n) is 15.5. The summed E-state index contributed by atoms with van der Waals surface area (Å²) in [7, 11) is 0. The van der Waals surface area contributed by atoms with Gasteiger partial charge in [-0.05, 0) is 38.0 Å². The van der Waals surface area contributed by atoms with Gasteiger partial charge in [0.05, 0.1) is 0 Å². The third-order valence-electron chi connectivity index (χ3n) is 5.10. The standard InChI is InChI=1S/C12H23N.C8H16O2/c1-3-7-11(8-4-1)13-12-9-5-2-6-10-12;1-7(2)5-3-4-6-8(9)10/h11-13H,1-10H2;7H,3-6H2,1-2H3,(H,9,10). The first-order valence-corrected chi connectivity index (χ1v) is 10.1. The van der Waals surface area contributed by atoms with E-state index in [1.165, 1.54) is 64.2 Å². The minimum absolute atomic E-state index is 0.326. The van der Waals surface area contributed by atoms with Crippen LogP contribution in [0.2, 0.25) is 0 Å². The molecule has 2 N–H and O–H groups in total. The number of rotatable bonds is 7. The number of carbonyl (C=O) groups is 1. The molecule has 0 aromatic rings. The highest BCUT2D eigenvalue weighted by Crippen LogP contribution is 2.22. The largest absolute Gasteiger partial charge is 0.481 e. The highest BCUT2D eigenvalue weighted by Gasteiger charge is 2.19. The van der Waals surface area contributed by atoms with Gasteiger partial charge in [0.2, 0.25) is 0 Å². The van der Waals surface area contributed by atoms with Crippen LogP contribution in [0, 0.1) is 5.92 Å². The van der Waals surface area contributed by atoms with Crippen LogP contribution in [0.3, 0.4) is 0 Å². The van der Waals surface area contributed by atoms with E-state index in [1.807, 2.05) is 0 Å². The summed E-state index contributed by atoms with van der Waals surface area (Å²) >= 11 is 0. The zero-order valence-corrected chi connectivity index (χ0v) is 15.5. The number of unbranched alkanes of at least 4 members (excludes halogenated alkanes) is 1. The van der Waals surface area contributed by atoms with Gasteiger partial charge in [-0.25, -0.2) is 0 Å². The number of aliphatic carboxylic acids is 1. The molecule has 2 aliphatic carbocycles. The SMILES string of the molecule is C1CCC(NC2CCCCC2)CC1.CC(C)CCCCC(=O)O. The number of hydrogen-bond donors (Lipinski definition) is 2. The maximum Gasteiger partial charge on any atom is 0.303 e. The number of hydrogen-bond acceptors (Lipinski definition) is 2. The Balaban J connectivity index is 0.000000241. The molecule has 0 amide bonds. The van der Waals surface area contributed by atoms with Crippen LogP contribution in [0.4, 0.5) is 0 Å². The first-order valence-electron chi connectivity index (χ1n) is 10.1. The average Bonchev–Trinajstić information content (AvgIpc) is 2.54. The fourth-order valence-corrected chi connectivity index (χ4v) is 3.70. The molecule has 3 heteroatoms. The van der Waals surface area contributed by atoms with Gasteiger partial charge in [0.25, 0.3) is 0 Å². The Hall–Kier alpha value is -0.570. The van der Waals surface area contributed by atoms with Crippen molar-refractivity contribution in [2.75, 3.05) is 0 Å². The quantitative estimate of drug-likeness (QED) is 0.605. The summed E-state index contributed by atoms with van der Waals surface area (Å²) in [5.41, 5.74) is 0. The van der Waals surface area contributed by atoms with Crippen LogP contribution in [0.1, 0.15) is 104 Å². The van der Waals surface area contributed by atoms with Crippen LogP contribution in [0.15, 0.2) is 0 Å². The van der Waals surface area contributed by atoms with Crippen molar-refractivity contribution in [3.63, 3.8) is 0 Å². The number of carboxylic acids is 1. The van der Waals surface area contributed by atoms with Gasteiger partial charge in [0.15, 0.2) is 0 Å². The molecule has 0 spiro atoms. The molecule has 2 fully saturated rings. The lowest BCUT2D eigenvalue weighted by Gasteiger charge is -2.30. The Kier molecular flexibility index (Phi) is 11.4. The number of nitrogens with one attached hydrogen (secondary N) is 1. The maximum absolute atomic E-state index is 10.0. The van der Waals surface area contributed by atoms with Crippen molar-refractivity contribution in [3.8, 4) is 0 Å². The molecule has 0 heterocycles. The van der Waals surface area contributed by atoms with E-state index >= 15 is 0 Å². The second kappa shape index (κ2) is 12.8. The van der Waals surface area contributed by atoms with E-state index in [1.54, 1.807) is 0 Å². The van der Waals surface area contributed by atoms with Gasteiger partial charge >= 0.3 is 5.97 Å². The smallest absolute Gasteiger partial charge is 0.303 e. The molecule has 3 nitrogen and oxygen atoms in total. The van der Waals surface area contributed by atoms with E-state index in [-0.39, 0.29) is 0 Å². The third-order valence-corrected chi connectivity index (χ3v) is 5.10. The Bertz CT molecular complexity index is 276. The monoisotopic (exact) mass is 325 g/mol. The molecule has 0 atom stereocenters. The molecule has 0 bridgehead atoms. The van der Waals surface area contributed by atoms with Gasteiger partial charge in [-0.1, -0.05) is 65.2 Å². The normalized spacial score (nSPS) is 20.1. The summed E-state index contributed by atoms with van der Waals surface area (Å²) < 4.78 is 0. The van der Waals surface area contributed by atoms with Gasteiger partial charge < -0.3 is 10.4 Å². The summed E-state index contributed by atoms with van der Waals surface area (Å²) in [6.45, 7) is 4.31. The van der Waals surface area contributed by atoms with Crippen molar-refractivity contribution in [2.45, 2.75) is 116 Å². The topological polar surface area (TPSA) is 49.3 Å². The summed E-state index contributed by atoms with van der Waals surface area (Å²) in [5, 5.41) is 12.1. The molecule has 0 radical (unpaired) electrons. The summed E-state index contributed by atoms with van der Waals surface area (Å²) in [6.07, 6.45) is 17.9. The Morgan fingerprint density at radius 1 is 0.913 bits per heavy atom. The van der Waals surface area contributed by atoms with E-state index in [0.717, 1.165) is 31.3 Å². The van der Waals surface area contributed by atoms with Crippen LogP contribution in [0.5, 0.6) is 0 Å².